The lowest BCUT2D eigenvalue weighted by Gasteiger charge is -2.10. The molecular formula is C20H20BrClN2O5. The highest BCUT2D eigenvalue weighted by atomic mass is 79.9. The van der Waals surface area contributed by atoms with E-state index in [9.17, 15) is 14.4 Å². The standard InChI is InChI=1S/C20H20BrClN2O5/c1-12-9-14(4-5-15(12)21)23-19(26)11-29-20(27)8-7-18(25)24-16-10-13(22)3-6-17(16)28-2/h3-6,9-10H,7-8,11H2,1-2H3,(H,23,26)(H,24,25). The Balaban J connectivity index is 1.75. The number of nitrogens with one attached hydrogen (secondary N) is 2. The first-order valence-corrected chi connectivity index (χ1v) is 9.80. The number of methoxy groups -OCH3 is 1. The summed E-state index contributed by atoms with van der Waals surface area (Å²) < 4.78 is 11.0. The van der Waals surface area contributed by atoms with Crippen LogP contribution in [0.3, 0.4) is 0 Å². The van der Waals surface area contributed by atoms with E-state index in [-0.39, 0.29) is 12.8 Å². The van der Waals surface area contributed by atoms with Crippen LogP contribution in [-0.4, -0.2) is 31.5 Å². The fourth-order valence-corrected chi connectivity index (χ4v) is 2.76. The second-order valence-electron chi connectivity index (χ2n) is 6.07. The molecule has 2 aromatic carbocycles. The summed E-state index contributed by atoms with van der Waals surface area (Å²) in [5, 5.41) is 5.70. The van der Waals surface area contributed by atoms with Gasteiger partial charge in [0.15, 0.2) is 6.61 Å². The highest BCUT2D eigenvalue weighted by Crippen LogP contribution is 2.27. The molecule has 2 amide bonds. The first-order chi connectivity index (χ1) is 13.8. The molecule has 0 saturated carbocycles. The molecule has 0 aliphatic carbocycles. The van der Waals surface area contributed by atoms with E-state index in [0.717, 1.165) is 10.0 Å². The maximum absolute atomic E-state index is 12.0. The maximum Gasteiger partial charge on any atom is 0.306 e. The Hall–Kier alpha value is -2.58. The predicted molar refractivity (Wildman–Crippen MR) is 114 cm³/mol. The minimum Gasteiger partial charge on any atom is -0.495 e. The van der Waals surface area contributed by atoms with E-state index in [1.165, 1.54) is 7.11 Å². The average molecular weight is 484 g/mol. The number of amides is 2. The smallest absolute Gasteiger partial charge is 0.306 e. The minimum atomic E-state index is -0.652. The van der Waals surface area contributed by atoms with Crippen LogP contribution in [0, 0.1) is 6.92 Å². The number of benzene rings is 2. The van der Waals surface area contributed by atoms with Crippen LogP contribution in [0.2, 0.25) is 5.02 Å². The van der Waals surface area contributed by atoms with Gasteiger partial charge in [-0.2, -0.15) is 0 Å². The molecule has 0 spiro atoms. The van der Waals surface area contributed by atoms with Crippen LogP contribution in [0.1, 0.15) is 18.4 Å². The summed E-state index contributed by atoms with van der Waals surface area (Å²) in [4.78, 5) is 35.7. The van der Waals surface area contributed by atoms with Crippen LogP contribution in [0.15, 0.2) is 40.9 Å². The summed E-state index contributed by atoms with van der Waals surface area (Å²) in [5.74, 6) is -1.07. The van der Waals surface area contributed by atoms with Crippen molar-refractivity contribution in [2.75, 3.05) is 24.4 Å². The van der Waals surface area contributed by atoms with Crippen LogP contribution in [-0.2, 0) is 19.1 Å². The lowest BCUT2D eigenvalue weighted by atomic mass is 10.2. The summed E-state index contributed by atoms with van der Waals surface area (Å²) >= 11 is 9.29. The van der Waals surface area contributed by atoms with Gasteiger partial charge < -0.3 is 20.1 Å². The fraction of sp³-hybridized carbons (Fsp3) is 0.250. The van der Waals surface area contributed by atoms with E-state index in [1.807, 2.05) is 13.0 Å². The lowest BCUT2D eigenvalue weighted by molar-refractivity contribution is -0.147. The SMILES string of the molecule is COc1ccc(Cl)cc1NC(=O)CCC(=O)OCC(=O)Nc1ccc(Br)c(C)c1. The van der Waals surface area contributed by atoms with Gasteiger partial charge in [0.2, 0.25) is 5.91 Å². The number of hydrogen-bond acceptors (Lipinski definition) is 5. The third kappa shape index (κ3) is 7.40. The first-order valence-electron chi connectivity index (χ1n) is 8.63. The van der Waals surface area contributed by atoms with Gasteiger partial charge in [0.05, 0.1) is 19.2 Å². The van der Waals surface area contributed by atoms with Gasteiger partial charge in [-0.1, -0.05) is 27.5 Å². The van der Waals surface area contributed by atoms with Crippen LogP contribution in [0.4, 0.5) is 11.4 Å². The largest absolute Gasteiger partial charge is 0.495 e. The number of hydrogen-bond donors (Lipinski definition) is 2. The zero-order valence-electron chi connectivity index (χ0n) is 15.9. The molecule has 0 aliphatic rings. The quantitative estimate of drug-likeness (QED) is 0.545. The third-order valence-corrected chi connectivity index (χ3v) is 4.92. The average Bonchev–Trinajstić information content (AvgIpc) is 2.68. The molecule has 0 aromatic heterocycles. The second-order valence-corrected chi connectivity index (χ2v) is 7.36. The van der Waals surface area contributed by atoms with Crippen molar-refractivity contribution in [3.05, 3.63) is 51.5 Å². The molecule has 0 saturated heterocycles. The second kappa shape index (κ2) is 10.8. The maximum atomic E-state index is 12.0. The van der Waals surface area contributed by atoms with Crippen molar-refractivity contribution in [3.63, 3.8) is 0 Å². The number of rotatable bonds is 8. The first kappa shape index (κ1) is 22.7. The summed E-state index contributed by atoms with van der Waals surface area (Å²) in [5.41, 5.74) is 1.96. The molecule has 2 N–H and O–H groups in total. The van der Waals surface area contributed by atoms with Crippen molar-refractivity contribution < 1.29 is 23.9 Å². The molecule has 2 rings (SSSR count). The van der Waals surface area contributed by atoms with E-state index in [2.05, 4.69) is 26.6 Å². The van der Waals surface area contributed by atoms with Crippen LogP contribution >= 0.6 is 27.5 Å². The molecule has 0 atom stereocenters. The Kier molecular flexibility index (Phi) is 8.48. The minimum absolute atomic E-state index is 0.109. The third-order valence-electron chi connectivity index (χ3n) is 3.80. The number of ether oxygens (including phenoxy) is 2. The van der Waals surface area contributed by atoms with Gasteiger partial charge in [-0.3, -0.25) is 14.4 Å². The molecule has 154 valence electrons. The molecule has 29 heavy (non-hydrogen) atoms. The highest BCUT2D eigenvalue weighted by Gasteiger charge is 2.13. The van der Waals surface area contributed by atoms with Crippen LogP contribution in [0.5, 0.6) is 5.75 Å². The molecular weight excluding hydrogens is 464 g/mol. The van der Waals surface area contributed by atoms with Crippen LogP contribution in [0.25, 0.3) is 0 Å². The number of anilines is 2. The number of halogens is 2. The van der Waals surface area contributed by atoms with Gasteiger partial charge in [-0.15, -0.1) is 0 Å². The molecule has 0 aliphatic heterocycles. The fourth-order valence-electron chi connectivity index (χ4n) is 2.34. The van der Waals surface area contributed by atoms with Gasteiger partial charge in [0.1, 0.15) is 5.75 Å². The Morgan fingerprint density at radius 1 is 1.03 bits per heavy atom. The van der Waals surface area contributed by atoms with Crippen molar-refractivity contribution in [2.45, 2.75) is 19.8 Å². The molecule has 7 nitrogen and oxygen atoms in total. The topological polar surface area (TPSA) is 93.7 Å². The van der Waals surface area contributed by atoms with Gasteiger partial charge in [-0.05, 0) is 48.9 Å². The van der Waals surface area contributed by atoms with Crippen molar-refractivity contribution >= 4 is 56.7 Å². The van der Waals surface area contributed by atoms with Gasteiger partial charge in [0, 0.05) is 21.6 Å². The van der Waals surface area contributed by atoms with Gasteiger partial charge in [-0.25, -0.2) is 0 Å². The Morgan fingerprint density at radius 3 is 2.48 bits per heavy atom. The lowest BCUT2D eigenvalue weighted by Crippen LogP contribution is -2.22. The number of aryl methyl sites for hydroxylation is 1. The van der Waals surface area contributed by atoms with Crippen LogP contribution < -0.4 is 15.4 Å². The Bertz CT molecular complexity index is 920. The number of esters is 1. The molecule has 0 fully saturated rings. The molecule has 2 aromatic rings. The van der Waals surface area contributed by atoms with Crippen molar-refractivity contribution in [2.24, 2.45) is 0 Å². The number of carbonyl (C=O) groups excluding carboxylic acids is 3. The zero-order chi connectivity index (χ0) is 21.4. The van der Waals surface area contributed by atoms with E-state index >= 15 is 0 Å². The molecule has 0 bridgehead atoms. The summed E-state index contributed by atoms with van der Waals surface area (Å²) in [7, 11) is 1.47. The zero-order valence-corrected chi connectivity index (χ0v) is 18.2. The molecule has 0 radical (unpaired) electrons. The van der Waals surface area contributed by atoms with Gasteiger partial charge >= 0.3 is 5.97 Å². The van der Waals surface area contributed by atoms with E-state index in [0.29, 0.717) is 22.1 Å². The number of carbonyl (C=O) groups is 3. The summed E-state index contributed by atoms with van der Waals surface area (Å²) in [6.07, 6.45) is -0.276. The van der Waals surface area contributed by atoms with Crippen molar-refractivity contribution in [3.8, 4) is 5.75 Å². The van der Waals surface area contributed by atoms with E-state index in [4.69, 9.17) is 21.1 Å². The van der Waals surface area contributed by atoms with E-state index in [1.54, 1.807) is 30.3 Å². The van der Waals surface area contributed by atoms with Crippen molar-refractivity contribution in [1.29, 1.82) is 0 Å². The Labute approximate surface area is 181 Å². The highest BCUT2D eigenvalue weighted by molar-refractivity contribution is 9.10. The molecule has 0 unspecified atom stereocenters. The summed E-state index contributed by atoms with van der Waals surface area (Å²) in [6, 6.07) is 10.1. The molecule has 9 heteroatoms. The van der Waals surface area contributed by atoms with Crippen molar-refractivity contribution in [1.82, 2.24) is 0 Å². The summed E-state index contributed by atoms with van der Waals surface area (Å²) in [6.45, 7) is 1.46. The van der Waals surface area contributed by atoms with Gasteiger partial charge in [0.25, 0.3) is 5.91 Å². The predicted octanol–water partition coefficient (Wildman–Crippen LogP) is 4.32. The normalized spacial score (nSPS) is 10.2. The monoisotopic (exact) mass is 482 g/mol. The molecule has 0 heterocycles. The Morgan fingerprint density at radius 2 is 1.79 bits per heavy atom. The van der Waals surface area contributed by atoms with E-state index < -0.39 is 24.4 Å².